The van der Waals surface area contributed by atoms with E-state index in [-0.39, 0.29) is 5.82 Å². The van der Waals surface area contributed by atoms with Crippen molar-refractivity contribution in [2.45, 2.75) is 0 Å². The molecule has 0 fully saturated rings. The molecule has 2 nitrogen and oxygen atoms in total. The van der Waals surface area contributed by atoms with Crippen LogP contribution in [0.3, 0.4) is 0 Å². The van der Waals surface area contributed by atoms with Crippen LogP contribution in [0.2, 0.25) is 5.02 Å². The Morgan fingerprint density at radius 3 is 2.04 bits per heavy atom. The van der Waals surface area contributed by atoms with E-state index in [1.807, 2.05) is 12.1 Å². The second-order valence-electron chi connectivity index (χ2n) is 5.65. The van der Waals surface area contributed by atoms with Gasteiger partial charge in [0, 0.05) is 21.5 Å². The second-order valence-corrected chi connectivity index (χ2v) is 6.09. The lowest BCUT2D eigenvalue weighted by Crippen LogP contribution is -2.03. The molecular weight excluding hydrogens is 339 g/mol. The molecule has 0 saturated heterocycles. The van der Waals surface area contributed by atoms with Crippen LogP contribution < -0.4 is 5.63 Å². The average Bonchev–Trinajstić information content (AvgIpc) is 2.63. The minimum absolute atomic E-state index is 0.321. The summed E-state index contributed by atoms with van der Waals surface area (Å²) in [4.78, 5) is 12.4. The van der Waals surface area contributed by atoms with Gasteiger partial charge in [-0.3, -0.25) is 0 Å². The molecule has 0 amide bonds. The quantitative estimate of drug-likeness (QED) is 0.449. The molecule has 0 aliphatic carbocycles. The summed E-state index contributed by atoms with van der Waals surface area (Å²) in [5.74, 6) is 0.116. The Bertz CT molecular complexity index is 1110. The SMILES string of the molecule is O=c1oc(-c2ccc(Cl)cc2)c(-c2ccc(F)cc2)c2ccccc12. The minimum Gasteiger partial charge on any atom is -0.422 e. The third-order valence-electron chi connectivity index (χ3n) is 4.08. The lowest BCUT2D eigenvalue weighted by molar-refractivity contribution is 0.536. The van der Waals surface area contributed by atoms with E-state index in [2.05, 4.69) is 0 Å². The molecular formula is C21H12ClFO2. The summed E-state index contributed by atoms with van der Waals surface area (Å²) in [7, 11) is 0. The van der Waals surface area contributed by atoms with Gasteiger partial charge >= 0.3 is 5.63 Å². The molecule has 122 valence electrons. The van der Waals surface area contributed by atoms with Gasteiger partial charge in [0.1, 0.15) is 11.6 Å². The van der Waals surface area contributed by atoms with Crippen LogP contribution in [0.1, 0.15) is 0 Å². The van der Waals surface area contributed by atoms with Crippen molar-refractivity contribution in [1.82, 2.24) is 0 Å². The topological polar surface area (TPSA) is 30.2 Å². The van der Waals surface area contributed by atoms with Gasteiger partial charge in [-0.25, -0.2) is 9.18 Å². The molecule has 25 heavy (non-hydrogen) atoms. The maximum absolute atomic E-state index is 13.4. The van der Waals surface area contributed by atoms with Crippen LogP contribution in [-0.2, 0) is 0 Å². The number of hydrogen-bond donors (Lipinski definition) is 0. The summed E-state index contributed by atoms with van der Waals surface area (Å²) in [6.45, 7) is 0. The largest absolute Gasteiger partial charge is 0.422 e. The molecule has 0 N–H and O–H groups in total. The third-order valence-corrected chi connectivity index (χ3v) is 4.33. The number of hydrogen-bond acceptors (Lipinski definition) is 2. The predicted molar refractivity (Wildman–Crippen MR) is 98.3 cm³/mol. The van der Waals surface area contributed by atoms with E-state index >= 15 is 0 Å². The first-order chi connectivity index (χ1) is 12.1. The molecule has 0 unspecified atom stereocenters. The molecule has 4 aromatic rings. The van der Waals surface area contributed by atoms with Gasteiger partial charge in [0.2, 0.25) is 0 Å². The highest BCUT2D eigenvalue weighted by Gasteiger charge is 2.17. The standard InChI is InChI=1S/C21H12ClFO2/c22-15-9-5-14(6-10-15)20-19(13-7-11-16(23)12-8-13)17-3-1-2-4-18(17)21(24)25-20/h1-12H. The van der Waals surface area contributed by atoms with Crippen molar-refractivity contribution >= 4 is 22.4 Å². The van der Waals surface area contributed by atoms with Crippen molar-refractivity contribution in [1.29, 1.82) is 0 Å². The molecule has 4 heteroatoms. The van der Waals surface area contributed by atoms with Crippen molar-refractivity contribution in [3.8, 4) is 22.5 Å². The van der Waals surface area contributed by atoms with Gasteiger partial charge < -0.3 is 4.42 Å². The summed E-state index contributed by atoms with van der Waals surface area (Å²) >= 11 is 5.97. The van der Waals surface area contributed by atoms with Gasteiger partial charge in [-0.2, -0.15) is 0 Å². The molecule has 3 aromatic carbocycles. The lowest BCUT2D eigenvalue weighted by Gasteiger charge is -2.12. The second kappa shape index (κ2) is 6.19. The normalized spacial score (nSPS) is 11.0. The molecule has 0 aliphatic heterocycles. The molecule has 0 bridgehead atoms. The molecule has 0 saturated carbocycles. The summed E-state index contributed by atoms with van der Waals surface area (Å²) in [6, 6.07) is 20.4. The first-order valence-corrected chi connectivity index (χ1v) is 8.09. The van der Waals surface area contributed by atoms with E-state index in [1.165, 1.54) is 12.1 Å². The molecule has 0 radical (unpaired) electrons. The number of rotatable bonds is 2. The van der Waals surface area contributed by atoms with Crippen molar-refractivity contribution in [2.24, 2.45) is 0 Å². The summed E-state index contributed by atoms with van der Waals surface area (Å²) < 4.78 is 19.0. The first kappa shape index (κ1) is 15.6. The molecule has 0 spiro atoms. The van der Waals surface area contributed by atoms with Crippen LogP contribution in [-0.4, -0.2) is 0 Å². The van der Waals surface area contributed by atoms with Gasteiger partial charge in [0.25, 0.3) is 0 Å². The van der Waals surface area contributed by atoms with Gasteiger partial charge in [-0.05, 0) is 48.0 Å². The Hall–Kier alpha value is -2.91. The zero-order valence-corrected chi connectivity index (χ0v) is 13.8. The third kappa shape index (κ3) is 2.83. The molecule has 1 aromatic heterocycles. The van der Waals surface area contributed by atoms with E-state index < -0.39 is 5.63 Å². The highest BCUT2D eigenvalue weighted by Crippen LogP contribution is 2.37. The maximum atomic E-state index is 13.4. The molecule has 0 atom stereocenters. The van der Waals surface area contributed by atoms with Crippen LogP contribution >= 0.6 is 11.6 Å². The van der Waals surface area contributed by atoms with E-state index in [1.54, 1.807) is 48.5 Å². The van der Waals surface area contributed by atoms with Crippen LogP contribution in [0.5, 0.6) is 0 Å². The lowest BCUT2D eigenvalue weighted by atomic mass is 9.95. The summed E-state index contributed by atoms with van der Waals surface area (Å²) in [6.07, 6.45) is 0. The van der Waals surface area contributed by atoms with Crippen LogP contribution in [0, 0.1) is 5.82 Å². The fourth-order valence-corrected chi connectivity index (χ4v) is 3.03. The van der Waals surface area contributed by atoms with Gasteiger partial charge in [0.15, 0.2) is 0 Å². The van der Waals surface area contributed by atoms with Gasteiger partial charge in [0.05, 0.1) is 5.39 Å². The Kier molecular flexibility index (Phi) is 3.86. The van der Waals surface area contributed by atoms with Gasteiger partial charge in [-0.15, -0.1) is 0 Å². The van der Waals surface area contributed by atoms with Gasteiger partial charge in [-0.1, -0.05) is 41.9 Å². The van der Waals surface area contributed by atoms with Crippen LogP contribution in [0.25, 0.3) is 33.2 Å². The van der Waals surface area contributed by atoms with Crippen molar-refractivity contribution in [3.63, 3.8) is 0 Å². The zero-order chi connectivity index (χ0) is 17.4. The smallest absolute Gasteiger partial charge is 0.344 e. The van der Waals surface area contributed by atoms with E-state index in [9.17, 15) is 9.18 Å². The Morgan fingerprint density at radius 2 is 1.36 bits per heavy atom. The minimum atomic E-state index is -0.411. The molecule has 4 rings (SSSR count). The Morgan fingerprint density at radius 1 is 0.760 bits per heavy atom. The zero-order valence-electron chi connectivity index (χ0n) is 13.0. The fourth-order valence-electron chi connectivity index (χ4n) is 2.91. The van der Waals surface area contributed by atoms with E-state index in [0.717, 1.165) is 22.1 Å². The first-order valence-electron chi connectivity index (χ1n) is 7.71. The Balaban J connectivity index is 2.11. The predicted octanol–water partition coefficient (Wildman–Crippen LogP) is 5.92. The van der Waals surface area contributed by atoms with Crippen LogP contribution in [0.4, 0.5) is 4.39 Å². The highest BCUT2D eigenvalue weighted by atomic mass is 35.5. The maximum Gasteiger partial charge on any atom is 0.344 e. The average molecular weight is 351 g/mol. The number of fused-ring (bicyclic) bond motifs is 1. The van der Waals surface area contributed by atoms with E-state index in [4.69, 9.17) is 16.0 Å². The summed E-state index contributed by atoms with van der Waals surface area (Å²) in [5, 5.41) is 1.84. The molecule has 0 aliphatic rings. The highest BCUT2D eigenvalue weighted by molar-refractivity contribution is 6.30. The summed E-state index contributed by atoms with van der Waals surface area (Å²) in [5.41, 5.74) is 1.84. The van der Waals surface area contributed by atoms with Crippen LogP contribution in [0.15, 0.2) is 82.0 Å². The number of halogens is 2. The number of benzene rings is 3. The van der Waals surface area contributed by atoms with Crippen molar-refractivity contribution in [2.75, 3.05) is 0 Å². The van der Waals surface area contributed by atoms with Crippen molar-refractivity contribution < 1.29 is 8.81 Å². The van der Waals surface area contributed by atoms with E-state index in [0.29, 0.717) is 16.2 Å². The van der Waals surface area contributed by atoms with Crippen molar-refractivity contribution in [3.05, 3.63) is 94.1 Å². The Labute approximate surface area is 148 Å². The fraction of sp³-hybridized carbons (Fsp3) is 0. The molecule has 1 heterocycles. The monoisotopic (exact) mass is 350 g/mol.